The van der Waals surface area contributed by atoms with Crippen molar-refractivity contribution in [2.45, 2.75) is 38.8 Å². The highest BCUT2D eigenvalue weighted by Crippen LogP contribution is 2.19. The molecule has 1 saturated heterocycles. The number of nitrogens with one attached hydrogen (secondary N) is 1. The number of aryl methyl sites for hydroxylation is 1. The Bertz CT molecular complexity index is 524. The third-order valence-corrected chi connectivity index (χ3v) is 3.54. The topological polar surface area (TPSA) is 81.5 Å². The van der Waals surface area contributed by atoms with Gasteiger partial charge in [0.05, 0.1) is 17.1 Å². The second kappa shape index (κ2) is 6.00. The second-order valence-electron chi connectivity index (χ2n) is 5.07. The summed E-state index contributed by atoms with van der Waals surface area (Å²) in [4.78, 5) is 22.4. The molecule has 1 heterocycles. The van der Waals surface area contributed by atoms with Gasteiger partial charge in [0.25, 0.3) is 11.6 Å². The Balaban J connectivity index is 2.05. The first kappa shape index (κ1) is 14.5. The molecule has 1 aliphatic heterocycles. The number of benzene rings is 1. The van der Waals surface area contributed by atoms with Gasteiger partial charge in [0.15, 0.2) is 0 Å². The van der Waals surface area contributed by atoms with E-state index in [1.165, 1.54) is 18.2 Å². The maximum absolute atomic E-state index is 12.1. The van der Waals surface area contributed by atoms with E-state index < -0.39 is 4.92 Å². The maximum Gasteiger partial charge on any atom is 0.272 e. The van der Waals surface area contributed by atoms with Crippen LogP contribution in [0.4, 0.5) is 5.69 Å². The van der Waals surface area contributed by atoms with Crippen LogP contribution in [0.5, 0.6) is 0 Å². The van der Waals surface area contributed by atoms with E-state index >= 15 is 0 Å². The number of hydrogen-bond donors (Lipinski definition) is 1. The van der Waals surface area contributed by atoms with E-state index in [1.807, 2.05) is 6.92 Å². The summed E-state index contributed by atoms with van der Waals surface area (Å²) in [6.45, 7) is 4.27. The summed E-state index contributed by atoms with van der Waals surface area (Å²) in [5.41, 5.74) is 0.930. The molecule has 108 valence electrons. The van der Waals surface area contributed by atoms with Crippen LogP contribution < -0.4 is 5.32 Å². The van der Waals surface area contributed by atoms with E-state index in [1.54, 1.807) is 6.92 Å². The van der Waals surface area contributed by atoms with E-state index in [4.69, 9.17) is 4.74 Å². The van der Waals surface area contributed by atoms with Gasteiger partial charge in [-0.3, -0.25) is 14.9 Å². The molecule has 0 aromatic heterocycles. The Morgan fingerprint density at radius 2 is 2.30 bits per heavy atom. The molecule has 20 heavy (non-hydrogen) atoms. The standard InChI is InChI=1S/C14H18N2O4/c1-9-8-11(5-6-12(9)16(18)19)14(17)15-10(2)13-4-3-7-20-13/h5-6,8,10,13H,3-4,7H2,1-2H3,(H,15,17)/t10-,13-/m0/s1. The van der Waals surface area contributed by atoms with Crippen molar-refractivity contribution in [1.29, 1.82) is 0 Å². The third kappa shape index (κ3) is 3.14. The lowest BCUT2D eigenvalue weighted by atomic mass is 10.1. The summed E-state index contributed by atoms with van der Waals surface area (Å²) < 4.78 is 5.52. The average Bonchev–Trinajstić information content (AvgIpc) is 2.91. The van der Waals surface area contributed by atoms with Gasteiger partial charge in [-0.25, -0.2) is 0 Å². The van der Waals surface area contributed by atoms with Crippen LogP contribution in [0.3, 0.4) is 0 Å². The number of amides is 1. The first-order chi connectivity index (χ1) is 9.49. The minimum absolute atomic E-state index is 0.0220. The van der Waals surface area contributed by atoms with Crippen LogP contribution >= 0.6 is 0 Å². The van der Waals surface area contributed by atoms with Crippen molar-refractivity contribution in [3.63, 3.8) is 0 Å². The van der Waals surface area contributed by atoms with E-state index in [0.29, 0.717) is 11.1 Å². The van der Waals surface area contributed by atoms with Crippen molar-refractivity contribution < 1.29 is 14.5 Å². The van der Waals surface area contributed by atoms with Crippen molar-refractivity contribution in [3.05, 3.63) is 39.4 Å². The molecule has 2 rings (SSSR count). The molecule has 0 spiro atoms. The largest absolute Gasteiger partial charge is 0.376 e. The number of rotatable bonds is 4. The van der Waals surface area contributed by atoms with Crippen molar-refractivity contribution in [2.75, 3.05) is 6.61 Å². The smallest absolute Gasteiger partial charge is 0.272 e. The Kier molecular flexibility index (Phi) is 4.34. The van der Waals surface area contributed by atoms with Crippen LogP contribution in [0.2, 0.25) is 0 Å². The molecule has 0 aliphatic carbocycles. The van der Waals surface area contributed by atoms with Gasteiger partial charge in [-0.2, -0.15) is 0 Å². The third-order valence-electron chi connectivity index (χ3n) is 3.54. The number of ether oxygens (including phenoxy) is 1. The monoisotopic (exact) mass is 278 g/mol. The van der Waals surface area contributed by atoms with Gasteiger partial charge in [0.1, 0.15) is 0 Å². The molecule has 1 aromatic carbocycles. The van der Waals surface area contributed by atoms with Crippen LogP contribution in [0, 0.1) is 17.0 Å². The quantitative estimate of drug-likeness (QED) is 0.676. The molecule has 1 N–H and O–H groups in total. The molecule has 6 heteroatoms. The fourth-order valence-corrected chi connectivity index (χ4v) is 2.38. The zero-order valence-corrected chi connectivity index (χ0v) is 11.6. The number of nitro benzene ring substituents is 1. The van der Waals surface area contributed by atoms with Gasteiger partial charge in [-0.15, -0.1) is 0 Å². The van der Waals surface area contributed by atoms with E-state index in [2.05, 4.69) is 5.32 Å². The lowest BCUT2D eigenvalue weighted by Crippen LogP contribution is -2.40. The number of carbonyl (C=O) groups is 1. The highest BCUT2D eigenvalue weighted by molar-refractivity contribution is 5.94. The molecule has 0 unspecified atom stereocenters. The Labute approximate surface area is 117 Å². The normalized spacial score (nSPS) is 19.6. The molecule has 1 aromatic rings. The minimum atomic E-state index is -0.452. The van der Waals surface area contributed by atoms with Gasteiger partial charge in [-0.1, -0.05) is 0 Å². The first-order valence-corrected chi connectivity index (χ1v) is 6.66. The van der Waals surface area contributed by atoms with Gasteiger partial charge < -0.3 is 10.1 Å². The molecular weight excluding hydrogens is 260 g/mol. The van der Waals surface area contributed by atoms with Gasteiger partial charge in [0, 0.05) is 23.8 Å². The average molecular weight is 278 g/mol. The highest BCUT2D eigenvalue weighted by atomic mass is 16.6. The van der Waals surface area contributed by atoms with Crippen LogP contribution in [-0.4, -0.2) is 29.6 Å². The summed E-state index contributed by atoms with van der Waals surface area (Å²) in [6, 6.07) is 4.31. The Morgan fingerprint density at radius 3 is 2.85 bits per heavy atom. The van der Waals surface area contributed by atoms with Crippen molar-refractivity contribution in [3.8, 4) is 0 Å². The summed E-state index contributed by atoms with van der Waals surface area (Å²) in [5, 5.41) is 13.6. The molecular formula is C14H18N2O4. The SMILES string of the molecule is Cc1cc(C(=O)N[C@@H](C)[C@@H]2CCCO2)ccc1[N+](=O)[O-]. The lowest BCUT2D eigenvalue weighted by molar-refractivity contribution is -0.385. The van der Waals surface area contributed by atoms with E-state index in [0.717, 1.165) is 19.4 Å². The maximum atomic E-state index is 12.1. The molecule has 0 saturated carbocycles. The number of nitro groups is 1. The zero-order valence-electron chi connectivity index (χ0n) is 11.6. The number of nitrogens with zero attached hydrogens (tertiary/aromatic N) is 1. The first-order valence-electron chi connectivity index (χ1n) is 6.66. The van der Waals surface area contributed by atoms with Crippen LogP contribution in [0.1, 0.15) is 35.7 Å². The fraction of sp³-hybridized carbons (Fsp3) is 0.500. The second-order valence-corrected chi connectivity index (χ2v) is 5.07. The molecule has 0 bridgehead atoms. The van der Waals surface area contributed by atoms with Gasteiger partial charge in [-0.05, 0) is 38.8 Å². The lowest BCUT2D eigenvalue weighted by Gasteiger charge is -2.20. The van der Waals surface area contributed by atoms with Crippen LogP contribution in [-0.2, 0) is 4.74 Å². The molecule has 2 atom stereocenters. The minimum Gasteiger partial charge on any atom is -0.376 e. The van der Waals surface area contributed by atoms with Crippen LogP contribution in [0.25, 0.3) is 0 Å². The molecule has 6 nitrogen and oxygen atoms in total. The zero-order chi connectivity index (χ0) is 14.7. The Morgan fingerprint density at radius 1 is 1.55 bits per heavy atom. The molecule has 1 amide bonds. The molecule has 1 aliphatic rings. The number of hydrogen-bond acceptors (Lipinski definition) is 4. The fourth-order valence-electron chi connectivity index (χ4n) is 2.38. The predicted octanol–water partition coefficient (Wildman–Crippen LogP) is 2.20. The summed E-state index contributed by atoms with van der Waals surface area (Å²) in [6.07, 6.45) is 2.01. The number of carbonyl (C=O) groups excluding carboxylic acids is 1. The molecule has 1 fully saturated rings. The molecule has 0 radical (unpaired) electrons. The highest BCUT2D eigenvalue weighted by Gasteiger charge is 2.24. The predicted molar refractivity (Wildman–Crippen MR) is 73.7 cm³/mol. The van der Waals surface area contributed by atoms with E-state index in [-0.39, 0.29) is 23.7 Å². The van der Waals surface area contributed by atoms with Crippen LogP contribution in [0.15, 0.2) is 18.2 Å². The van der Waals surface area contributed by atoms with Gasteiger partial charge in [0.2, 0.25) is 0 Å². The van der Waals surface area contributed by atoms with E-state index in [9.17, 15) is 14.9 Å². The Hall–Kier alpha value is -1.95. The summed E-state index contributed by atoms with van der Waals surface area (Å²) >= 11 is 0. The van der Waals surface area contributed by atoms with Crippen molar-refractivity contribution >= 4 is 11.6 Å². The summed E-state index contributed by atoms with van der Waals surface area (Å²) in [7, 11) is 0. The summed E-state index contributed by atoms with van der Waals surface area (Å²) in [5.74, 6) is -0.231. The van der Waals surface area contributed by atoms with Crippen molar-refractivity contribution in [2.24, 2.45) is 0 Å². The van der Waals surface area contributed by atoms with Gasteiger partial charge >= 0.3 is 0 Å². The van der Waals surface area contributed by atoms with Crippen molar-refractivity contribution in [1.82, 2.24) is 5.32 Å².